The van der Waals surface area contributed by atoms with Crippen LogP contribution in [0.4, 0.5) is 5.82 Å². The third-order valence-electron chi connectivity index (χ3n) is 6.35. The quantitative estimate of drug-likeness (QED) is 0.403. The molecule has 0 spiro atoms. The molecule has 4 N–H and O–H groups in total. The van der Waals surface area contributed by atoms with Crippen LogP contribution in [0, 0.1) is 0 Å². The molecule has 2 saturated carbocycles. The van der Waals surface area contributed by atoms with Gasteiger partial charge in [-0.05, 0) is 48.9 Å². The summed E-state index contributed by atoms with van der Waals surface area (Å²) in [5, 5.41) is 3.31. The Labute approximate surface area is 189 Å². The molecule has 9 nitrogen and oxygen atoms in total. The largest absolute Gasteiger partial charge is 0.366 e. The van der Waals surface area contributed by atoms with Crippen molar-refractivity contribution >= 4 is 17.0 Å². The molecule has 9 heteroatoms. The van der Waals surface area contributed by atoms with E-state index in [9.17, 15) is 9.59 Å². The molecular weight excluding hydrogens is 418 g/mol. The van der Waals surface area contributed by atoms with E-state index in [2.05, 4.69) is 20.3 Å². The lowest BCUT2D eigenvalue weighted by Gasteiger charge is -2.09. The number of nitrogens with zero attached hydrogens (tertiary/aromatic N) is 4. The molecule has 0 unspecified atom stereocenters. The molecule has 2 fully saturated rings. The van der Waals surface area contributed by atoms with E-state index >= 15 is 0 Å². The van der Waals surface area contributed by atoms with Gasteiger partial charge in [-0.2, -0.15) is 0 Å². The number of nitrogens with two attached hydrogens (primary N) is 1. The fourth-order valence-corrected chi connectivity index (χ4v) is 4.18. The normalized spacial score (nSPS) is 15.8. The zero-order valence-corrected chi connectivity index (χ0v) is 18.1. The van der Waals surface area contributed by atoms with Crippen LogP contribution in [0.15, 0.2) is 52.2 Å². The van der Waals surface area contributed by atoms with E-state index in [1.165, 1.54) is 4.57 Å². The molecule has 1 aromatic carbocycles. The Bertz CT molecular complexity index is 1440. The Kier molecular flexibility index (Phi) is 4.65. The van der Waals surface area contributed by atoms with Crippen LogP contribution >= 0.6 is 0 Å². The lowest BCUT2D eigenvalue weighted by Crippen LogP contribution is -2.39. The van der Waals surface area contributed by atoms with E-state index in [-0.39, 0.29) is 23.3 Å². The topological polar surface area (TPSA) is 124 Å². The van der Waals surface area contributed by atoms with Gasteiger partial charge in [-0.1, -0.05) is 24.3 Å². The zero-order valence-electron chi connectivity index (χ0n) is 18.1. The van der Waals surface area contributed by atoms with Gasteiger partial charge in [0.2, 0.25) is 0 Å². The number of hydrogen-bond donors (Lipinski definition) is 3. The van der Waals surface area contributed by atoms with Crippen LogP contribution < -0.4 is 22.3 Å². The van der Waals surface area contributed by atoms with Crippen LogP contribution in [-0.4, -0.2) is 24.1 Å². The van der Waals surface area contributed by atoms with Crippen LogP contribution in [0.5, 0.6) is 0 Å². The van der Waals surface area contributed by atoms with E-state index in [4.69, 9.17) is 5.73 Å². The van der Waals surface area contributed by atoms with Crippen LogP contribution in [0.1, 0.15) is 48.9 Å². The van der Waals surface area contributed by atoms with E-state index in [0.717, 1.165) is 48.2 Å². The highest BCUT2D eigenvalue weighted by molar-refractivity contribution is 5.75. The van der Waals surface area contributed by atoms with Crippen molar-refractivity contribution in [3.8, 4) is 11.4 Å². The monoisotopic (exact) mass is 443 g/mol. The molecule has 0 bridgehead atoms. The third-order valence-corrected chi connectivity index (χ3v) is 6.35. The number of pyridine rings is 1. The predicted molar refractivity (Wildman–Crippen MR) is 126 cm³/mol. The summed E-state index contributed by atoms with van der Waals surface area (Å²) in [6.45, 7) is 1.18. The maximum atomic E-state index is 13.0. The number of aromatic nitrogens is 5. The highest BCUT2D eigenvalue weighted by Gasteiger charge is 2.34. The third kappa shape index (κ3) is 3.64. The van der Waals surface area contributed by atoms with Crippen molar-refractivity contribution in [3.05, 3.63) is 74.6 Å². The lowest BCUT2D eigenvalue weighted by atomic mass is 10.1. The number of rotatable bonds is 7. The number of nitrogens with one attached hydrogen (secondary N) is 2. The molecule has 2 aliphatic rings. The summed E-state index contributed by atoms with van der Waals surface area (Å²) in [5.41, 5.74) is 8.98. The van der Waals surface area contributed by atoms with Gasteiger partial charge in [0.05, 0.1) is 0 Å². The molecule has 0 amide bonds. The van der Waals surface area contributed by atoms with E-state index < -0.39 is 0 Å². The van der Waals surface area contributed by atoms with Gasteiger partial charge in [0.15, 0.2) is 5.65 Å². The number of fused-ring (bicyclic) bond motifs is 1. The minimum Gasteiger partial charge on any atom is -0.366 e. The maximum Gasteiger partial charge on any atom is 0.333 e. The average molecular weight is 444 g/mol. The fourth-order valence-electron chi connectivity index (χ4n) is 4.18. The predicted octanol–water partition coefficient (Wildman–Crippen LogP) is 2.69. The van der Waals surface area contributed by atoms with Crippen LogP contribution in [0.3, 0.4) is 0 Å². The first-order valence-corrected chi connectivity index (χ1v) is 11.4. The Morgan fingerprint density at radius 2 is 1.67 bits per heavy atom. The molecule has 0 aliphatic heterocycles. The van der Waals surface area contributed by atoms with Crippen LogP contribution in [0.25, 0.3) is 22.6 Å². The molecular formula is C24H25N7O2. The van der Waals surface area contributed by atoms with Crippen molar-refractivity contribution in [1.82, 2.24) is 24.1 Å². The van der Waals surface area contributed by atoms with Gasteiger partial charge >= 0.3 is 5.69 Å². The Balaban J connectivity index is 1.29. The highest BCUT2D eigenvalue weighted by atomic mass is 16.2. The highest BCUT2D eigenvalue weighted by Crippen LogP contribution is 2.37. The average Bonchev–Trinajstić information content (AvgIpc) is 3.77. The Hall–Kier alpha value is -3.72. The summed E-state index contributed by atoms with van der Waals surface area (Å²) in [6.07, 6.45) is 5.36. The SMILES string of the molecule is NCc1ccc(CNc2ccc(-c3nc4c([nH]3)c(=O)n(C3CC3)c(=O)n4C3CC3)cn2)cc1. The number of anilines is 1. The number of aromatic amines is 1. The molecule has 4 aromatic rings. The number of imidazole rings is 1. The molecule has 0 radical (unpaired) electrons. The molecule has 168 valence electrons. The van der Waals surface area contributed by atoms with Gasteiger partial charge in [0.25, 0.3) is 5.56 Å². The second kappa shape index (κ2) is 7.70. The smallest absolute Gasteiger partial charge is 0.333 e. The fraction of sp³-hybridized carbons (Fsp3) is 0.333. The Morgan fingerprint density at radius 1 is 0.970 bits per heavy atom. The molecule has 6 rings (SSSR count). The summed E-state index contributed by atoms with van der Waals surface area (Å²) in [4.78, 5) is 38.4. The van der Waals surface area contributed by atoms with Crippen molar-refractivity contribution in [3.63, 3.8) is 0 Å². The lowest BCUT2D eigenvalue weighted by molar-refractivity contribution is 0.587. The first-order valence-electron chi connectivity index (χ1n) is 11.4. The summed E-state index contributed by atoms with van der Waals surface area (Å²) in [6, 6.07) is 12.1. The summed E-state index contributed by atoms with van der Waals surface area (Å²) < 4.78 is 3.11. The van der Waals surface area contributed by atoms with Gasteiger partial charge in [0.1, 0.15) is 17.2 Å². The minimum absolute atomic E-state index is 0.0182. The summed E-state index contributed by atoms with van der Waals surface area (Å²) in [7, 11) is 0. The molecule has 0 atom stereocenters. The number of H-pyrrole nitrogens is 1. The Morgan fingerprint density at radius 3 is 2.30 bits per heavy atom. The first kappa shape index (κ1) is 19.9. The molecule has 0 saturated heterocycles. The van der Waals surface area contributed by atoms with E-state index in [0.29, 0.717) is 30.1 Å². The second-order valence-corrected chi connectivity index (χ2v) is 8.88. The zero-order chi connectivity index (χ0) is 22.5. The first-order chi connectivity index (χ1) is 16.1. The standard InChI is InChI=1S/C24H25N7O2/c25-11-14-1-3-15(4-2-14)12-26-19-10-5-16(13-27-19)21-28-20-22(29-21)30(17-6-7-17)24(33)31(23(20)32)18-8-9-18/h1-5,10,13,17-18H,6-9,11-12,25H2,(H,26,27)(H,28,29). The van der Waals surface area contributed by atoms with Crippen molar-refractivity contribution in [2.24, 2.45) is 5.73 Å². The summed E-state index contributed by atoms with van der Waals surface area (Å²) in [5.74, 6) is 1.28. The van der Waals surface area contributed by atoms with Crippen molar-refractivity contribution < 1.29 is 0 Å². The van der Waals surface area contributed by atoms with Gasteiger partial charge in [-0.15, -0.1) is 0 Å². The number of hydrogen-bond acceptors (Lipinski definition) is 6. The molecule has 3 aromatic heterocycles. The van der Waals surface area contributed by atoms with E-state index in [1.807, 2.05) is 36.4 Å². The van der Waals surface area contributed by atoms with Gasteiger partial charge in [-0.3, -0.25) is 13.9 Å². The van der Waals surface area contributed by atoms with Crippen molar-refractivity contribution in [2.75, 3.05) is 5.32 Å². The molecule has 33 heavy (non-hydrogen) atoms. The molecule has 3 heterocycles. The second-order valence-electron chi connectivity index (χ2n) is 8.88. The maximum absolute atomic E-state index is 13.0. The molecule has 2 aliphatic carbocycles. The van der Waals surface area contributed by atoms with Gasteiger partial charge in [0, 0.05) is 36.9 Å². The van der Waals surface area contributed by atoms with Gasteiger partial charge < -0.3 is 16.0 Å². The minimum atomic E-state index is -0.278. The van der Waals surface area contributed by atoms with E-state index in [1.54, 1.807) is 10.8 Å². The summed E-state index contributed by atoms with van der Waals surface area (Å²) >= 11 is 0. The van der Waals surface area contributed by atoms with Crippen molar-refractivity contribution in [1.29, 1.82) is 0 Å². The number of benzene rings is 1. The van der Waals surface area contributed by atoms with Crippen LogP contribution in [-0.2, 0) is 13.1 Å². The van der Waals surface area contributed by atoms with Gasteiger partial charge in [-0.25, -0.2) is 14.8 Å². The van der Waals surface area contributed by atoms with Crippen molar-refractivity contribution in [2.45, 2.75) is 50.9 Å². The van der Waals surface area contributed by atoms with Crippen LogP contribution in [0.2, 0.25) is 0 Å².